The van der Waals surface area contributed by atoms with Crippen LogP contribution in [0, 0.1) is 0 Å². The molecule has 5 heterocycles. The highest BCUT2D eigenvalue weighted by Crippen LogP contribution is 2.44. The maximum absolute atomic E-state index is 13.1. The third-order valence-electron chi connectivity index (χ3n) is 9.47. The summed E-state index contributed by atoms with van der Waals surface area (Å²) in [5.74, 6) is -2.12. The molecule has 12 nitrogen and oxygen atoms in total. The highest BCUT2D eigenvalue weighted by Gasteiger charge is 2.61. The van der Waals surface area contributed by atoms with E-state index >= 15 is 0 Å². The van der Waals surface area contributed by atoms with E-state index in [0.717, 1.165) is 11.0 Å². The topological polar surface area (TPSA) is 130 Å². The van der Waals surface area contributed by atoms with Crippen LogP contribution >= 0.6 is 0 Å². The predicted molar refractivity (Wildman–Crippen MR) is 172 cm³/mol. The molecule has 4 fully saturated rings. The van der Waals surface area contributed by atoms with Crippen molar-refractivity contribution in [3.05, 3.63) is 70.1 Å². The Kier molecular flexibility index (Phi) is 8.06. The maximum Gasteiger partial charge on any atom is 0.494 e. The third kappa shape index (κ3) is 6.29. The predicted octanol–water partition coefficient (Wildman–Crippen LogP) is 4.22. The molecule has 4 aliphatic rings. The van der Waals surface area contributed by atoms with E-state index < -0.39 is 72.2 Å². The molecule has 48 heavy (non-hydrogen) atoms. The van der Waals surface area contributed by atoms with Crippen molar-refractivity contribution in [1.82, 2.24) is 0 Å². The standard InChI is InChI=1S/C35H41BO12/c1-32(2)33(3,4)48-36(47-32)21-12-9-19(10-13-21)17-39-22-14-11-20-15-23(30(38)41-24(20)16-22)29(37)40-18-25-26-27(44-34(5,6)43-26)28-31(42-25)46-35(7,8)45-28/h9-16,25-28,31H,17-18H2,1-8H3. The van der Waals surface area contributed by atoms with Crippen LogP contribution in [0.2, 0.25) is 0 Å². The van der Waals surface area contributed by atoms with Crippen molar-refractivity contribution in [2.24, 2.45) is 0 Å². The van der Waals surface area contributed by atoms with Gasteiger partial charge in [-0.1, -0.05) is 24.3 Å². The molecule has 2 aromatic carbocycles. The van der Waals surface area contributed by atoms with Gasteiger partial charge < -0.3 is 46.9 Å². The van der Waals surface area contributed by atoms with Crippen LogP contribution in [0.15, 0.2) is 57.7 Å². The van der Waals surface area contributed by atoms with Gasteiger partial charge in [-0.2, -0.15) is 0 Å². The van der Waals surface area contributed by atoms with Gasteiger partial charge in [-0.3, -0.25) is 0 Å². The molecule has 0 aliphatic carbocycles. The highest BCUT2D eigenvalue weighted by atomic mass is 16.9. The lowest BCUT2D eigenvalue weighted by atomic mass is 9.79. The molecule has 0 N–H and O–H groups in total. The lowest BCUT2D eigenvalue weighted by Crippen LogP contribution is -2.56. The molecule has 5 atom stereocenters. The molecule has 3 aromatic rings. The van der Waals surface area contributed by atoms with Crippen LogP contribution in [0.1, 0.15) is 71.3 Å². The van der Waals surface area contributed by atoms with Crippen molar-refractivity contribution < 1.29 is 51.7 Å². The molecule has 1 aromatic heterocycles. The Hall–Kier alpha value is -3.30. The Morgan fingerprint density at radius 1 is 0.792 bits per heavy atom. The van der Waals surface area contributed by atoms with Gasteiger partial charge >= 0.3 is 18.7 Å². The summed E-state index contributed by atoms with van der Waals surface area (Å²) in [6, 6.07) is 14.3. The number of fused-ring (bicyclic) bond motifs is 4. The van der Waals surface area contributed by atoms with Crippen LogP contribution in [-0.2, 0) is 44.3 Å². The minimum Gasteiger partial charge on any atom is -0.489 e. The lowest BCUT2D eigenvalue weighted by Gasteiger charge is -2.36. The monoisotopic (exact) mass is 664 g/mol. The van der Waals surface area contributed by atoms with E-state index in [-0.39, 0.29) is 24.4 Å². The average Bonchev–Trinajstić information content (AvgIpc) is 3.58. The largest absolute Gasteiger partial charge is 0.494 e. The molecule has 5 unspecified atom stereocenters. The number of rotatable bonds is 7. The van der Waals surface area contributed by atoms with E-state index in [1.807, 2.05) is 52.0 Å². The zero-order chi connectivity index (χ0) is 34.2. The van der Waals surface area contributed by atoms with Crippen molar-refractivity contribution in [1.29, 1.82) is 0 Å². The van der Waals surface area contributed by atoms with Crippen molar-refractivity contribution in [2.45, 2.75) is 115 Å². The van der Waals surface area contributed by atoms with Crippen molar-refractivity contribution in [2.75, 3.05) is 6.61 Å². The summed E-state index contributed by atoms with van der Waals surface area (Å²) in [6.07, 6.45) is -3.02. The Labute approximate surface area is 278 Å². The Bertz CT molecular complexity index is 1750. The smallest absolute Gasteiger partial charge is 0.489 e. The molecular formula is C35H41BO12. The summed E-state index contributed by atoms with van der Waals surface area (Å²) >= 11 is 0. The second kappa shape index (κ2) is 11.7. The van der Waals surface area contributed by atoms with Crippen LogP contribution in [-0.4, -0.2) is 73.2 Å². The summed E-state index contributed by atoms with van der Waals surface area (Å²) in [5.41, 5.74) is 0.230. The second-order valence-corrected chi connectivity index (χ2v) is 14.6. The summed E-state index contributed by atoms with van der Waals surface area (Å²) in [4.78, 5) is 26.0. The van der Waals surface area contributed by atoms with Gasteiger partial charge in [0.15, 0.2) is 17.9 Å². The Morgan fingerprint density at radius 2 is 1.44 bits per heavy atom. The lowest BCUT2D eigenvalue weighted by molar-refractivity contribution is -0.240. The van der Waals surface area contributed by atoms with Gasteiger partial charge in [0.25, 0.3) is 0 Å². The Balaban J connectivity index is 0.981. The average molecular weight is 665 g/mol. The number of carbonyl (C=O) groups excluding carboxylic acids is 1. The number of carbonyl (C=O) groups is 1. The zero-order valence-electron chi connectivity index (χ0n) is 28.4. The van der Waals surface area contributed by atoms with E-state index in [0.29, 0.717) is 11.1 Å². The first kappa shape index (κ1) is 33.2. The van der Waals surface area contributed by atoms with E-state index in [4.69, 9.17) is 46.9 Å². The third-order valence-corrected chi connectivity index (χ3v) is 9.47. The van der Waals surface area contributed by atoms with E-state index in [2.05, 4.69) is 0 Å². The molecule has 256 valence electrons. The molecule has 0 bridgehead atoms. The van der Waals surface area contributed by atoms with Gasteiger partial charge in [-0.25, -0.2) is 9.59 Å². The fraction of sp³-hybridized carbons (Fsp3) is 0.543. The minimum atomic E-state index is -0.895. The van der Waals surface area contributed by atoms with Crippen molar-refractivity contribution in [3.63, 3.8) is 0 Å². The first-order valence-corrected chi connectivity index (χ1v) is 16.2. The van der Waals surface area contributed by atoms with Gasteiger partial charge in [0.1, 0.15) is 54.5 Å². The Morgan fingerprint density at radius 3 is 2.15 bits per heavy atom. The molecular weight excluding hydrogens is 623 g/mol. The van der Waals surface area contributed by atoms with Crippen LogP contribution in [0.25, 0.3) is 11.0 Å². The van der Waals surface area contributed by atoms with Crippen LogP contribution in [0.5, 0.6) is 5.75 Å². The summed E-state index contributed by atoms with van der Waals surface area (Å²) < 4.78 is 59.5. The summed E-state index contributed by atoms with van der Waals surface area (Å²) in [7, 11) is -0.441. The van der Waals surface area contributed by atoms with E-state index in [1.165, 1.54) is 6.07 Å². The first-order valence-electron chi connectivity index (χ1n) is 16.2. The van der Waals surface area contributed by atoms with Crippen LogP contribution in [0.4, 0.5) is 0 Å². The van der Waals surface area contributed by atoms with Gasteiger partial charge in [-0.15, -0.1) is 0 Å². The number of hydrogen-bond donors (Lipinski definition) is 0. The van der Waals surface area contributed by atoms with E-state index in [9.17, 15) is 9.59 Å². The first-order chi connectivity index (χ1) is 22.5. The number of ether oxygens (including phenoxy) is 7. The molecule has 0 radical (unpaired) electrons. The molecule has 4 saturated heterocycles. The molecule has 4 aliphatic heterocycles. The molecule has 13 heteroatoms. The summed E-state index contributed by atoms with van der Waals surface area (Å²) in [5, 5.41) is 0.533. The maximum atomic E-state index is 13.1. The normalized spacial score (nSPS) is 29.4. The fourth-order valence-corrected chi connectivity index (χ4v) is 6.30. The number of benzene rings is 2. The fourth-order valence-electron chi connectivity index (χ4n) is 6.30. The molecule has 0 spiro atoms. The van der Waals surface area contributed by atoms with Crippen LogP contribution in [0.3, 0.4) is 0 Å². The van der Waals surface area contributed by atoms with Crippen molar-refractivity contribution in [3.8, 4) is 5.75 Å². The summed E-state index contributed by atoms with van der Waals surface area (Å²) in [6.45, 7) is 15.3. The van der Waals surface area contributed by atoms with Crippen LogP contribution < -0.4 is 15.8 Å². The van der Waals surface area contributed by atoms with Gasteiger partial charge in [0, 0.05) is 11.5 Å². The van der Waals surface area contributed by atoms with Gasteiger partial charge in [0.05, 0.1) is 11.2 Å². The highest BCUT2D eigenvalue weighted by molar-refractivity contribution is 6.62. The zero-order valence-corrected chi connectivity index (χ0v) is 28.4. The molecule has 0 amide bonds. The molecule has 0 saturated carbocycles. The van der Waals surface area contributed by atoms with E-state index in [1.54, 1.807) is 45.9 Å². The number of hydrogen-bond acceptors (Lipinski definition) is 12. The SMILES string of the molecule is CC1(C)OC2OC(COC(=O)c3cc4ccc(OCc5ccc(B6OC(C)(C)C(C)(C)O6)cc5)cc4oc3=O)C3OC(C)(C)OC3C2O1. The quantitative estimate of drug-likeness (QED) is 0.204. The van der Waals surface area contributed by atoms with Gasteiger partial charge in [0.2, 0.25) is 0 Å². The van der Waals surface area contributed by atoms with Crippen molar-refractivity contribution >= 4 is 29.5 Å². The van der Waals surface area contributed by atoms with Gasteiger partial charge in [-0.05, 0) is 84.6 Å². The second-order valence-electron chi connectivity index (χ2n) is 14.6. The minimum absolute atomic E-state index is 0.200. The molecule has 7 rings (SSSR count). The number of esters is 1.